The van der Waals surface area contributed by atoms with Crippen LogP contribution in [0.5, 0.6) is 11.5 Å². The number of halogens is 3. The molecule has 0 aliphatic carbocycles. The van der Waals surface area contributed by atoms with Crippen LogP contribution in [0, 0.1) is 6.92 Å². The first kappa shape index (κ1) is 32.8. The Hall–Kier alpha value is -5.13. The molecule has 17 heteroatoms. The van der Waals surface area contributed by atoms with E-state index in [1.165, 1.54) is 51.0 Å². The van der Waals surface area contributed by atoms with Crippen molar-refractivity contribution in [3.63, 3.8) is 0 Å². The summed E-state index contributed by atoms with van der Waals surface area (Å²) in [5.41, 5.74) is -3.30. The van der Waals surface area contributed by atoms with Gasteiger partial charge in [-0.3, -0.25) is 4.79 Å². The molecular formula is C31H25F3N6O6S2. The third-order valence-corrected chi connectivity index (χ3v) is 12.3. The number of methoxy groups -OCH3 is 2. The highest BCUT2D eigenvalue weighted by Gasteiger charge is 2.57. The molecule has 12 nitrogen and oxygen atoms in total. The van der Waals surface area contributed by atoms with Crippen molar-refractivity contribution in [2.75, 3.05) is 14.2 Å². The molecule has 3 heterocycles. The molecule has 0 saturated heterocycles. The summed E-state index contributed by atoms with van der Waals surface area (Å²) in [6.45, 7) is 1.77. The van der Waals surface area contributed by atoms with Crippen molar-refractivity contribution in [2.24, 2.45) is 0 Å². The van der Waals surface area contributed by atoms with Gasteiger partial charge in [0.25, 0.3) is 5.91 Å². The molecule has 3 aromatic carbocycles. The Morgan fingerprint density at radius 3 is 2.33 bits per heavy atom. The molecule has 1 atom stereocenters. The maximum atomic E-state index is 14.1. The van der Waals surface area contributed by atoms with Crippen LogP contribution in [0.2, 0.25) is 0 Å². The van der Waals surface area contributed by atoms with E-state index in [1.807, 2.05) is 0 Å². The fourth-order valence-corrected chi connectivity index (χ4v) is 10.3. The van der Waals surface area contributed by atoms with Crippen molar-refractivity contribution in [3.05, 3.63) is 95.9 Å². The first-order valence-electron chi connectivity index (χ1n) is 14.0. The van der Waals surface area contributed by atoms with E-state index in [2.05, 4.69) is 30.7 Å². The van der Waals surface area contributed by atoms with E-state index in [0.717, 1.165) is 5.56 Å². The van der Waals surface area contributed by atoms with Gasteiger partial charge in [0.1, 0.15) is 16.5 Å². The van der Waals surface area contributed by atoms with Crippen molar-refractivity contribution >= 4 is 26.3 Å². The molecule has 0 bridgehead atoms. The average molecular weight is 699 g/mol. The molecule has 1 N–H and O–H groups in total. The molecule has 248 valence electrons. The lowest BCUT2D eigenvalue weighted by Gasteiger charge is -2.37. The third-order valence-electron chi connectivity index (χ3n) is 7.34. The lowest BCUT2D eigenvalue weighted by Crippen LogP contribution is -2.29. The Kier molecular flexibility index (Phi) is 8.52. The topological polar surface area (TPSA) is 155 Å². The predicted octanol–water partition coefficient (Wildman–Crippen LogP) is 5.63. The van der Waals surface area contributed by atoms with Gasteiger partial charge >= 0.3 is 15.6 Å². The fourth-order valence-electron chi connectivity index (χ4n) is 5.20. The summed E-state index contributed by atoms with van der Waals surface area (Å²) in [6.07, 6.45) is 2.45. The first-order chi connectivity index (χ1) is 22.9. The molecule has 0 radical (unpaired) electrons. The summed E-state index contributed by atoms with van der Waals surface area (Å²) in [5, 5.41) is 17.6. The van der Waals surface area contributed by atoms with Gasteiger partial charge in [0, 0.05) is 34.8 Å². The van der Waals surface area contributed by atoms with Gasteiger partial charge in [-0.15, -0.1) is 20.4 Å². The van der Waals surface area contributed by atoms with Crippen molar-refractivity contribution in [1.82, 2.24) is 30.7 Å². The minimum atomic E-state index is -6.29. The largest absolute Gasteiger partial charge is 0.524 e. The molecule has 2 aromatic heterocycles. The molecule has 0 spiro atoms. The van der Waals surface area contributed by atoms with Gasteiger partial charge < -0.3 is 14.8 Å². The Morgan fingerprint density at radius 1 is 0.938 bits per heavy atom. The van der Waals surface area contributed by atoms with E-state index in [0.29, 0.717) is 33.8 Å². The number of carbonyl (C=O) groups excluding carboxylic acids is 1. The minimum Gasteiger partial charge on any atom is -0.497 e. The number of aryl methyl sites for hydroxylation is 1. The summed E-state index contributed by atoms with van der Waals surface area (Å²) in [6, 6.07) is 17.3. The minimum absolute atomic E-state index is 0.00345. The van der Waals surface area contributed by atoms with Crippen LogP contribution in [0.4, 0.5) is 13.2 Å². The van der Waals surface area contributed by atoms with E-state index >= 15 is 0 Å². The van der Waals surface area contributed by atoms with E-state index < -0.39 is 31.8 Å². The number of ether oxygens (including phenoxy) is 2. The molecule has 1 unspecified atom stereocenters. The Balaban J connectivity index is 1.50. The van der Waals surface area contributed by atoms with E-state index in [4.69, 9.17) is 13.1 Å². The number of alkyl halides is 3. The maximum Gasteiger partial charge on any atom is 0.524 e. The molecule has 1 aliphatic rings. The van der Waals surface area contributed by atoms with E-state index in [1.54, 1.807) is 49.4 Å². The van der Waals surface area contributed by atoms with Gasteiger partial charge in [-0.25, -0.2) is 4.98 Å². The van der Waals surface area contributed by atoms with Crippen molar-refractivity contribution < 1.29 is 39.5 Å². The molecule has 6 rings (SSSR count). The number of nitrogens with one attached hydrogen (secondary N) is 1. The van der Waals surface area contributed by atoms with Gasteiger partial charge in [-0.05, 0) is 52.6 Å². The quantitative estimate of drug-likeness (QED) is 0.191. The Labute approximate surface area is 274 Å². The summed E-state index contributed by atoms with van der Waals surface area (Å²) in [4.78, 5) is 18.3. The summed E-state index contributed by atoms with van der Waals surface area (Å²) < 4.78 is 84.8. The lowest BCUT2D eigenvalue weighted by atomic mass is 10.0. The number of nitrogens with zero attached hydrogens (tertiary/aromatic N) is 5. The van der Waals surface area contributed by atoms with Gasteiger partial charge in [0.15, 0.2) is 6.33 Å². The summed E-state index contributed by atoms with van der Waals surface area (Å²) in [7, 11) is -7.58. The van der Waals surface area contributed by atoms with Crippen molar-refractivity contribution in [3.8, 4) is 34.0 Å². The van der Waals surface area contributed by atoms with E-state index in [-0.39, 0.29) is 32.7 Å². The zero-order chi connectivity index (χ0) is 34.3. The highest BCUT2D eigenvalue weighted by Crippen LogP contribution is 2.79. The second kappa shape index (κ2) is 12.5. The Bertz CT molecular complexity index is 2140. The standard InChI is InChI=1S/C31H25F3N6O6S2/c1-18-6-11-26-23(13-18)24-14-21(44-2)15-25(45-3)27(24)47(26,46-48(42,43)31(32,33)34)30-22(5-4-12-35-30)29(41)36-16-19-7-9-20(10-8-19)28-39-37-17-38-40-28/h4-15,17H,16H2,1-3H3,(H,36,41). The van der Waals surface area contributed by atoms with Gasteiger partial charge in [-0.1, -0.05) is 42.0 Å². The van der Waals surface area contributed by atoms with E-state index in [9.17, 15) is 26.4 Å². The molecule has 48 heavy (non-hydrogen) atoms. The van der Waals surface area contributed by atoms with Crippen LogP contribution >= 0.6 is 10.3 Å². The number of hydrogen-bond acceptors (Lipinski definition) is 11. The van der Waals surface area contributed by atoms with Crippen LogP contribution in [0.25, 0.3) is 22.5 Å². The lowest BCUT2D eigenvalue weighted by molar-refractivity contribution is -0.0496. The average Bonchev–Trinajstić information content (AvgIpc) is 3.35. The predicted molar refractivity (Wildman–Crippen MR) is 167 cm³/mol. The molecule has 1 amide bonds. The second-order valence-electron chi connectivity index (χ2n) is 10.3. The molecular weight excluding hydrogens is 674 g/mol. The van der Waals surface area contributed by atoms with Gasteiger partial charge in [0.2, 0.25) is 5.82 Å². The normalized spacial score (nSPS) is 16.7. The number of rotatable bonds is 9. The van der Waals surface area contributed by atoms with Crippen LogP contribution in [0.15, 0.2) is 94.1 Å². The maximum absolute atomic E-state index is 14.1. The first-order valence-corrected chi connectivity index (χ1v) is 16.9. The molecule has 1 aliphatic heterocycles. The molecule has 0 fully saturated rings. The molecule has 0 saturated carbocycles. The number of amides is 1. The number of fused-ring (bicyclic) bond motifs is 3. The smallest absolute Gasteiger partial charge is 0.497 e. The highest BCUT2D eigenvalue weighted by atomic mass is 32.3. The SMILES string of the molecule is COc1cc(OC)c2c(c1)-c1cc(C)ccc1S2(OS(=O)(=O)C(F)(F)F)c1ncccc1C(=O)NCc1ccc(-c2nncnn2)cc1. The van der Waals surface area contributed by atoms with Crippen molar-refractivity contribution in [1.29, 1.82) is 0 Å². The molecule has 5 aromatic rings. The summed E-state index contributed by atoms with van der Waals surface area (Å²) >= 11 is 0. The summed E-state index contributed by atoms with van der Waals surface area (Å²) in [5.74, 6) is -0.161. The third kappa shape index (κ3) is 5.69. The van der Waals surface area contributed by atoms with Crippen LogP contribution < -0.4 is 14.8 Å². The number of carbonyl (C=O) groups is 1. The van der Waals surface area contributed by atoms with Crippen LogP contribution in [-0.2, 0) is 20.3 Å². The van der Waals surface area contributed by atoms with Gasteiger partial charge in [0.05, 0.1) is 24.7 Å². The van der Waals surface area contributed by atoms with Crippen LogP contribution in [0.3, 0.4) is 0 Å². The van der Waals surface area contributed by atoms with Crippen molar-refractivity contribution in [2.45, 2.75) is 33.8 Å². The van der Waals surface area contributed by atoms with Crippen LogP contribution in [-0.4, -0.2) is 59.4 Å². The number of benzene rings is 3. The zero-order valence-electron chi connectivity index (χ0n) is 25.3. The zero-order valence-corrected chi connectivity index (χ0v) is 27.0. The van der Waals surface area contributed by atoms with Crippen LogP contribution in [0.1, 0.15) is 21.5 Å². The highest BCUT2D eigenvalue weighted by molar-refractivity contribution is 8.33. The Morgan fingerprint density at radius 2 is 1.67 bits per heavy atom. The fraction of sp³-hybridized carbons (Fsp3) is 0.161. The van der Waals surface area contributed by atoms with Gasteiger partial charge in [-0.2, -0.15) is 25.2 Å². The number of hydrogen-bond donors (Lipinski definition) is 1. The number of pyridine rings is 1. The number of aromatic nitrogens is 5. The monoisotopic (exact) mass is 698 g/mol. The second-order valence-corrected chi connectivity index (χ2v) is 14.6.